The fourth-order valence-electron chi connectivity index (χ4n) is 3.20. The van der Waals surface area contributed by atoms with E-state index in [0.29, 0.717) is 12.0 Å². The van der Waals surface area contributed by atoms with Crippen LogP contribution in [-0.2, 0) is 34.9 Å². The minimum atomic E-state index is -4.66. The largest absolute Gasteiger partial charge is 0.478 e. The molecule has 0 aliphatic carbocycles. The van der Waals surface area contributed by atoms with E-state index in [1.54, 1.807) is 12.1 Å². The highest BCUT2D eigenvalue weighted by Crippen LogP contribution is 2.33. The summed E-state index contributed by atoms with van der Waals surface area (Å²) >= 11 is 0. The molecule has 0 amide bonds. The number of rotatable bonds is 4. The molecule has 3 rings (SSSR count). The molecule has 1 heterocycles. The minimum absolute atomic E-state index is 0.00286. The molecule has 0 bridgehead atoms. The lowest BCUT2D eigenvalue weighted by atomic mass is 9.96. The van der Waals surface area contributed by atoms with Gasteiger partial charge < -0.3 is 5.11 Å². The first kappa shape index (κ1) is 19.4. The first-order valence-corrected chi connectivity index (χ1v) is 9.67. The minimum Gasteiger partial charge on any atom is -0.478 e. The van der Waals surface area contributed by atoms with E-state index in [1.165, 1.54) is 18.2 Å². The SMILES string of the molecule is O=C(O)c1cccc2c1CN(S(=O)(=O)Cc1ccccc1C(F)(F)F)CC2. The Morgan fingerprint density at radius 2 is 1.81 bits per heavy atom. The normalized spacial score (nSPS) is 15.4. The predicted molar refractivity (Wildman–Crippen MR) is 91.6 cm³/mol. The average molecular weight is 399 g/mol. The fourth-order valence-corrected chi connectivity index (χ4v) is 4.73. The van der Waals surface area contributed by atoms with E-state index in [-0.39, 0.29) is 24.2 Å². The van der Waals surface area contributed by atoms with Gasteiger partial charge in [0, 0.05) is 13.1 Å². The lowest BCUT2D eigenvalue weighted by molar-refractivity contribution is -0.138. The topological polar surface area (TPSA) is 74.7 Å². The Kier molecular flexibility index (Phi) is 5.00. The molecule has 0 atom stereocenters. The van der Waals surface area contributed by atoms with E-state index >= 15 is 0 Å². The van der Waals surface area contributed by atoms with E-state index in [4.69, 9.17) is 0 Å². The van der Waals surface area contributed by atoms with Crippen LogP contribution in [0.15, 0.2) is 42.5 Å². The highest BCUT2D eigenvalue weighted by atomic mass is 32.2. The summed E-state index contributed by atoms with van der Waals surface area (Å²) in [4.78, 5) is 11.4. The number of fused-ring (bicyclic) bond motifs is 1. The standard InChI is InChI=1S/C18H16F3NO4S/c19-18(20,21)16-7-2-1-4-13(16)11-27(25,26)22-9-8-12-5-3-6-14(17(23)24)15(12)10-22/h1-7H,8-11H2,(H,23,24). The molecule has 0 spiro atoms. The van der Waals surface area contributed by atoms with Crippen LogP contribution >= 0.6 is 0 Å². The van der Waals surface area contributed by atoms with Gasteiger partial charge in [0.05, 0.1) is 16.9 Å². The van der Waals surface area contributed by atoms with Crippen LogP contribution in [0.1, 0.15) is 32.6 Å². The summed E-state index contributed by atoms with van der Waals surface area (Å²) in [6.45, 7) is -0.0824. The Balaban J connectivity index is 1.91. The van der Waals surface area contributed by atoms with Crippen LogP contribution in [0.4, 0.5) is 13.2 Å². The second-order valence-electron chi connectivity index (χ2n) is 6.24. The quantitative estimate of drug-likeness (QED) is 0.856. The fraction of sp³-hybridized carbons (Fsp3) is 0.278. The summed E-state index contributed by atoms with van der Waals surface area (Å²) in [6.07, 6.45) is -4.35. The van der Waals surface area contributed by atoms with Gasteiger partial charge in [0.25, 0.3) is 0 Å². The highest BCUT2D eigenvalue weighted by molar-refractivity contribution is 7.88. The third-order valence-electron chi connectivity index (χ3n) is 4.52. The zero-order valence-corrected chi connectivity index (χ0v) is 14.8. The second kappa shape index (κ2) is 6.97. The van der Waals surface area contributed by atoms with Crippen molar-refractivity contribution in [3.8, 4) is 0 Å². The van der Waals surface area contributed by atoms with E-state index in [0.717, 1.165) is 22.0 Å². The molecular weight excluding hydrogens is 383 g/mol. The van der Waals surface area contributed by atoms with Crippen LogP contribution in [-0.4, -0.2) is 30.3 Å². The lowest BCUT2D eigenvalue weighted by Gasteiger charge is -2.29. The molecule has 2 aromatic rings. The maximum absolute atomic E-state index is 13.1. The molecule has 0 saturated carbocycles. The summed E-state index contributed by atoms with van der Waals surface area (Å²) in [5, 5.41) is 9.30. The van der Waals surface area contributed by atoms with Gasteiger partial charge in [-0.25, -0.2) is 13.2 Å². The van der Waals surface area contributed by atoms with Crippen molar-refractivity contribution in [2.24, 2.45) is 0 Å². The van der Waals surface area contributed by atoms with E-state index in [1.807, 2.05) is 0 Å². The summed E-state index contributed by atoms with van der Waals surface area (Å²) in [6, 6.07) is 9.25. The number of aromatic carboxylic acids is 1. The van der Waals surface area contributed by atoms with Gasteiger partial charge in [-0.05, 0) is 35.2 Å². The van der Waals surface area contributed by atoms with Crippen molar-refractivity contribution in [3.05, 3.63) is 70.3 Å². The van der Waals surface area contributed by atoms with E-state index < -0.39 is 33.5 Å². The van der Waals surface area contributed by atoms with Crippen molar-refractivity contribution in [2.45, 2.75) is 24.9 Å². The molecule has 2 aromatic carbocycles. The molecule has 0 aromatic heterocycles. The van der Waals surface area contributed by atoms with Crippen LogP contribution in [0.5, 0.6) is 0 Å². The highest BCUT2D eigenvalue weighted by Gasteiger charge is 2.36. The number of nitrogens with zero attached hydrogens (tertiary/aromatic N) is 1. The van der Waals surface area contributed by atoms with Crippen molar-refractivity contribution in [1.82, 2.24) is 4.31 Å². The van der Waals surface area contributed by atoms with Crippen molar-refractivity contribution in [2.75, 3.05) is 6.54 Å². The van der Waals surface area contributed by atoms with Gasteiger partial charge in [0.1, 0.15) is 0 Å². The molecule has 1 aliphatic heterocycles. The number of sulfonamides is 1. The van der Waals surface area contributed by atoms with Crippen molar-refractivity contribution in [3.63, 3.8) is 0 Å². The second-order valence-corrected chi connectivity index (χ2v) is 8.21. The number of benzene rings is 2. The summed E-state index contributed by atoms with van der Waals surface area (Å²) in [7, 11) is -4.06. The van der Waals surface area contributed by atoms with Gasteiger partial charge in [-0.3, -0.25) is 0 Å². The zero-order chi connectivity index (χ0) is 19.8. The Bertz CT molecular complexity index is 986. The Morgan fingerprint density at radius 1 is 1.11 bits per heavy atom. The lowest BCUT2D eigenvalue weighted by Crippen LogP contribution is -2.37. The predicted octanol–water partition coefficient (Wildman–Crippen LogP) is 3.29. The third kappa shape index (κ3) is 3.98. The zero-order valence-electron chi connectivity index (χ0n) is 14.0. The van der Waals surface area contributed by atoms with Gasteiger partial charge in [-0.2, -0.15) is 17.5 Å². The monoisotopic (exact) mass is 399 g/mol. The van der Waals surface area contributed by atoms with Crippen LogP contribution < -0.4 is 0 Å². The average Bonchev–Trinajstić information content (AvgIpc) is 2.59. The van der Waals surface area contributed by atoms with Crippen LogP contribution in [0.3, 0.4) is 0 Å². The summed E-state index contributed by atoms with van der Waals surface area (Å²) in [5.74, 6) is -1.97. The smallest absolute Gasteiger partial charge is 0.416 e. The van der Waals surface area contributed by atoms with Gasteiger partial charge in [-0.1, -0.05) is 30.3 Å². The summed E-state index contributed by atoms with van der Waals surface area (Å²) in [5.41, 5.74) is -0.205. The number of halogens is 3. The third-order valence-corrected chi connectivity index (χ3v) is 6.30. The number of carboxylic acids is 1. The Labute approximate surface area is 154 Å². The number of hydrogen-bond donors (Lipinski definition) is 1. The molecule has 5 nitrogen and oxygen atoms in total. The number of carbonyl (C=O) groups is 1. The maximum Gasteiger partial charge on any atom is 0.416 e. The summed E-state index contributed by atoms with van der Waals surface area (Å²) < 4.78 is 65.9. The van der Waals surface area contributed by atoms with Gasteiger partial charge >= 0.3 is 12.1 Å². The van der Waals surface area contributed by atoms with Crippen LogP contribution in [0.2, 0.25) is 0 Å². The van der Waals surface area contributed by atoms with E-state index in [2.05, 4.69) is 0 Å². The molecule has 0 fully saturated rings. The molecule has 144 valence electrons. The maximum atomic E-state index is 13.1. The van der Waals surface area contributed by atoms with Crippen molar-refractivity contribution >= 4 is 16.0 Å². The van der Waals surface area contributed by atoms with Crippen molar-refractivity contribution < 1.29 is 31.5 Å². The molecule has 0 saturated heterocycles. The van der Waals surface area contributed by atoms with Gasteiger partial charge in [0.2, 0.25) is 10.0 Å². The number of alkyl halides is 3. The van der Waals surface area contributed by atoms with Gasteiger partial charge in [0.15, 0.2) is 0 Å². The molecule has 1 aliphatic rings. The Morgan fingerprint density at radius 3 is 2.48 bits per heavy atom. The first-order chi connectivity index (χ1) is 12.6. The molecule has 1 N–H and O–H groups in total. The van der Waals surface area contributed by atoms with Gasteiger partial charge in [-0.15, -0.1) is 0 Å². The molecule has 27 heavy (non-hydrogen) atoms. The molecule has 0 unspecified atom stereocenters. The molecular formula is C18H16F3NO4S. The number of carboxylic acid groups (broad SMARTS) is 1. The van der Waals surface area contributed by atoms with Crippen molar-refractivity contribution in [1.29, 1.82) is 0 Å². The van der Waals surface area contributed by atoms with Crippen LogP contribution in [0.25, 0.3) is 0 Å². The number of hydrogen-bond acceptors (Lipinski definition) is 3. The molecule has 0 radical (unpaired) electrons. The van der Waals surface area contributed by atoms with Crippen LogP contribution in [0, 0.1) is 0 Å². The first-order valence-electron chi connectivity index (χ1n) is 8.06. The molecule has 9 heteroatoms. The van der Waals surface area contributed by atoms with E-state index in [9.17, 15) is 31.5 Å². The Hall–Kier alpha value is -2.39.